The summed E-state index contributed by atoms with van der Waals surface area (Å²) in [5, 5.41) is 2.92. The van der Waals surface area contributed by atoms with Gasteiger partial charge in [-0.2, -0.15) is 0 Å². The van der Waals surface area contributed by atoms with E-state index in [4.69, 9.17) is 0 Å². The van der Waals surface area contributed by atoms with Crippen molar-refractivity contribution < 1.29 is 0 Å². The van der Waals surface area contributed by atoms with Crippen LogP contribution in [0.1, 0.15) is 33.1 Å². The Kier molecular flexibility index (Phi) is 8.18. The third-order valence-corrected chi connectivity index (χ3v) is 5.33. The van der Waals surface area contributed by atoms with E-state index in [9.17, 15) is 0 Å². The van der Waals surface area contributed by atoms with Gasteiger partial charge in [-0.1, -0.05) is 75.6 Å². The van der Waals surface area contributed by atoms with Crippen LogP contribution in [0.2, 0.25) is 0 Å². The Morgan fingerprint density at radius 2 is 1.74 bits per heavy atom. The van der Waals surface area contributed by atoms with Gasteiger partial charge in [0.2, 0.25) is 0 Å². The van der Waals surface area contributed by atoms with E-state index in [2.05, 4.69) is 81.2 Å². The third-order valence-electron chi connectivity index (χ3n) is 3.05. The molecule has 0 saturated heterocycles. The average molecular weight is 272 g/mol. The highest BCUT2D eigenvalue weighted by atomic mass is 31.1. The van der Waals surface area contributed by atoms with Crippen molar-refractivity contribution in [3.63, 3.8) is 0 Å². The lowest BCUT2D eigenvalue weighted by atomic mass is 10.2. The van der Waals surface area contributed by atoms with E-state index in [1.54, 1.807) is 0 Å². The number of allylic oxidation sites excluding steroid dienone is 6. The van der Waals surface area contributed by atoms with Crippen LogP contribution >= 0.6 is 7.92 Å². The van der Waals surface area contributed by atoms with E-state index in [0.717, 1.165) is 19.3 Å². The molecule has 102 valence electrons. The average Bonchev–Trinajstić information content (AvgIpc) is 2.46. The van der Waals surface area contributed by atoms with Crippen molar-refractivity contribution in [2.24, 2.45) is 0 Å². The minimum absolute atomic E-state index is 0.171. The van der Waals surface area contributed by atoms with Gasteiger partial charge >= 0.3 is 0 Å². The predicted octanol–water partition coefficient (Wildman–Crippen LogP) is 5.63. The molecule has 0 saturated carbocycles. The number of benzene rings is 1. The first-order chi connectivity index (χ1) is 9.25. The molecule has 1 atom stereocenters. The van der Waals surface area contributed by atoms with Crippen LogP contribution in [0.15, 0.2) is 66.0 Å². The standard InChI is InChI=1S/C18H25P/c1-4-5-6-7-8-9-11-14-17(2)19(3)18-15-12-10-13-16-18/h5-6,9-16H,4,7-8H2,1-3H3/b6-5?,11-9-,17-14+. The molecule has 0 N–H and O–H groups in total. The molecule has 1 rings (SSSR count). The predicted molar refractivity (Wildman–Crippen MR) is 90.5 cm³/mol. The molecular formula is C18H25P. The molecule has 0 aromatic heterocycles. The van der Waals surface area contributed by atoms with Gasteiger partial charge in [-0.25, -0.2) is 0 Å². The second kappa shape index (κ2) is 9.75. The molecule has 0 fully saturated rings. The van der Waals surface area contributed by atoms with Crippen LogP contribution in [-0.4, -0.2) is 6.66 Å². The molecule has 0 radical (unpaired) electrons. The summed E-state index contributed by atoms with van der Waals surface area (Å²) in [5.41, 5.74) is 0. The Morgan fingerprint density at radius 3 is 2.42 bits per heavy atom. The van der Waals surface area contributed by atoms with Crippen molar-refractivity contribution in [1.82, 2.24) is 0 Å². The molecule has 0 bridgehead atoms. The molecule has 0 heterocycles. The zero-order valence-electron chi connectivity index (χ0n) is 12.3. The lowest BCUT2D eigenvalue weighted by molar-refractivity contribution is 1.04. The summed E-state index contributed by atoms with van der Waals surface area (Å²) in [5.74, 6) is 0. The van der Waals surface area contributed by atoms with Crippen LogP contribution in [-0.2, 0) is 0 Å². The van der Waals surface area contributed by atoms with E-state index in [-0.39, 0.29) is 7.92 Å². The summed E-state index contributed by atoms with van der Waals surface area (Å²) in [6, 6.07) is 10.8. The van der Waals surface area contributed by atoms with Crippen LogP contribution in [0.25, 0.3) is 0 Å². The molecule has 19 heavy (non-hydrogen) atoms. The van der Waals surface area contributed by atoms with Gasteiger partial charge in [0.15, 0.2) is 0 Å². The monoisotopic (exact) mass is 272 g/mol. The molecule has 0 nitrogen and oxygen atoms in total. The number of hydrogen-bond acceptors (Lipinski definition) is 0. The van der Waals surface area contributed by atoms with Gasteiger partial charge in [0, 0.05) is 0 Å². The fourth-order valence-electron chi connectivity index (χ4n) is 1.75. The van der Waals surface area contributed by atoms with E-state index < -0.39 is 0 Å². The quantitative estimate of drug-likeness (QED) is 0.261. The van der Waals surface area contributed by atoms with Gasteiger partial charge in [-0.15, -0.1) is 0 Å². The van der Waals surface area contributed by atoms with Gasteiger partial charge in [0.05, 0.1) is 0 Å². The smallest absolute Gasteiger partial charge is 0.0201 e. The molecule has 1 unspecified atom stereocenters. The highest BCUT2D eigenvalue weighted by Gasteiger charge is 2.04. The summed E-state index contributed by atoms with van der Waals surface area (Å²) in [4.78, 5) is 0. The summed E-state index contributed by atoms with van der Waals surface area (Å²) >= 11 is 0. The minimum Gasteiger partial charge on any atom is -0.0888 e. The highest BCUT2D eigenvalue weighted by Crippen LogP contribution is 2.38. The van der Waals surface area contributed by atoms with Gasteiger partial charge in [0.25, 0.3) is 0 Å². The zero-order valence-corrected chi connectivity index (χ0v) is 13.2. The van der Waals surface area contributed by atoms with Crippen LogP contribution in [0, 0.1) is 0 Å². The maximum absolute atomic E-state index is 2.33. The lowest BCUT2D eigenvalue weighted by Crippen LogP contribution is -1.98. The molecule has 0 spiro atoms. The van der Waals surface area contributed by atoms with Crippen LogP contribution < -0.4 is 5.30 Å². The first-order valence-electron chi connectivity index (χ1n) is 7.03. The van der Waals surface area contributed by atoms with Gasteiger partial charge in [0.1, 0.15) is 0 Å². The zero-order chi connectivity index (χ0) is 13.9. The Bertz CT molecular complexity index is 426. The summed E-state index contributed by atoms with van der Waals surface area (Å²) in [6.45, 7) is 6.74. The molecule has 0 aliphatic rings. The van der Waals surface area contributed by atoms with Crippen LogP contribution in [0.3, 0.4) is 0 Å². The van der Waals surface area contributed by atoms with Gasteiger partial charge in [-0.3, -0.25) is 0 Å². The van der Waals surface area contributed by atoms with Crippen molar-refractivity contribution >= 4 is 13.2 Å². The van der Waals surface area contributed by atoms with E-state index in [1.807, 2.05) is 0 Å². The number of hydrogen-bond donors (Lipinski definition) is 0. The fraction of sp³-hybridized carbons (Fsp3) is 0.333. The number of unbranched alkanes of at least 4 members (excludes halogenated alkanes) is 1. The Labute approximate surface area is 119 Å². The van der Waals surface area contributed by atoms with Crippen molar-refractivity contribution in [2.45, 2.75) is 33.1 Å². The van der Waals surface area contributed by atoms with Crippen molar-refractivity contribution in [3.05, 3.63) is 66.0 Å². The lowest BCUT2D eigenvalue weighted by Gasteiger charge is -2.12. The van der Waals surface area contributed by atoms with E-state index in [0.29, 0.717) is 0 Å². The Hall–Kier alpha value is -1.13. The Balaban J connectivity index is 2.44. The molecule has 0 aliphatic heterocycles. The molecule has 0 amide bonds. The highest BCUT2D eigenvalue weighted by molar-refractivity contribution is 7.68. The first-order valence-corrected chi connectivity index (χ1v) is 8.81. The number of rotatable bonds is 7. The summed E-state index contributed by atoms with van der Waals surface area (Å²) < 4.78 is 0. The second-order valence-electron chi connectivity index (χ2n) is 4.59. The maximum Gasteiger partial charge on any atom is -0.0201 e. The van der Waals surface area contributed by atoms with Crippen molar-refractivity contribution in [1.29, 1.82) is 0 Å². The topological polar surface area (TPSA) is 0 Å². The minimum atomic E-state index is -0.171. The van der Waals surface area contributed by atoms with Crippen LogP contribution in [0.4, 0.5) is 0 Å². The van der Waals surface area contributed by atoms with E-state index >= 15 is 0 Å². The maximum atomic E-state index is 2.33. The van der Waals surface area contributed by atoms with Crippen molar-refractivity contribution in [2.75, 3.05) is 6.66 Å². The second-order valence-corrected chi connectivity index (χ2v) is 6.93. The molecule has 1 heteroatoms. The molecule has 1 aromatic rings. The van der Waals surface area contributed by atoms with Gasteiger partial charge < -0.3 is 0 Å². The SMILES string of the molecule is CCC=CCC/C=C\C=C(/C)P(C)c1ccccc1. The Morgan fingerprint density at radius 1 is 1.05 bits per heavy atom. The molecular weight excluding hydrogens is 247 g/mol. The van der Waals surface area contributed by atoms with Crippen molar-refractivity contribution in [3.8, 4) is 0 Å². The summed E-state index contributed by atoms with van der Waals surface area (Å²) in [6.07, 6.45) is 14.6. The van der Waals surface area contributed by atoms with Gasteiger partial charge in [-0.05, 0) is 43.5 Å². The normalized spacial score (nSPS) is 14.4. The van der Waals surface area contributed by atoms with Crippen LogP contribution in [0.5, 0.6) is 0 Å². The summed E-state index contributed by atoms with van der Waals surface area (Å²) in [7, 11) is -0.171. The largest absolute Gasteiger partial charge is 0.0888 e. The molecule has 0 aliphatic carbocycles. The fourth-order valence-corrected chi connectivity index (χ4v) is 3.08. The first kappa shape index (κ1) is 15.9. The third kappa shape index (κ3) is 6.55. The molecule has 1 aromatic carbocycles. The van der Waals surface area contributed by atoms with E-state index in [1.165, 1.54) is 10.6 Å².